The van der Waals surface area contributed by atoms with Gasteiger partial charge in [0.25, 0.3) is 0 Å². The molecule has 0 unspecified atom stereocenters. The van der Waals surface area contributed by atoms with Crippen LogP contribution in [-0.4, -0.2) is 37.6 Å². The van der Waals surface area contributed by atoms with E-state index in [-0.39, 0.29) is 41.5 Å². The van der Waals surface area contributed by atoms with Gasteiger partial charge in [-0.1, -0.05) is 47.4 Å². The number of rotatable bonds is 8. The molecular weight excluding hydrogens is 922 g/mol. The van der Waals surface area contributed by atoms with Crippen LogP contribution in [0.5, 0.6) is 23.0 Å². The second-order valence-corrected chi connectivity index (χ2v) is 11.9. The Morgan fingerprint density at radius 2 is 1.02 bits per heavy atom. The van der Waals surface area contributed by atoms with Crippen LogP contribution in [0.1, 0.15) is 12.8 Å². The Labute approximate surface area is 329 Å². The fraction of sp³-hybridized carbons (Fsp3) is 0.0952. The van der Waals surface area contributed by atoms with E-state index >= 15 is 0 Å². The monoisotopic (exact) mass is 949 g/mol. The van der Waals surface area contributed by atoms with Gasteiger partial charge in [-0.05, 0) is 36.4 Å². The number of fused-ring (bicyclic) bond motifs is 3. The number of aromatic nitrogens is 5. The molecule has 8 aromatic rings. The maximum absolute atomic E-state index is 6.33. The third-order valence-electron chi connectivity index (χ3n) is 8.69. The second-order valence-electron chi connectivity index (χ2n) is 11.9. The molecule has 9 rings (SSSR count). The average Bonchev–Trinajstić information content (AvgIpc) is 3.83. The van der Waals surface area contributed by atoms with Crippen molar-refractivity contribution in [2.75, 3.05) is 18.0 Å². The Morgan fingerprint density at radius 3 is 1.50 bits per heavy atom. The Kier molecular flexibility index (Phi) is 10.6. The number of benzene rings is 4. The molecule has 0 saturated carbocycles. The summed E-state index contributed by atoms with van der Waals surface area (Å²) in [4.78, 5) is 20.9. The number of hydrogen-bond donors (Lipinski definition) is 0. The van der Waals surface area contributed by atoms with E-state index in [1.165, 1.54) is 12.8 Å². The SMILES string of the molecule is [Pd+2].[Pt+2].[c-]1c(Oc2[c-]c3c(cc2)c2ccc(Oc4[c-]c(-c5ccccn5)ccc4)[c-]c2n3-c2ncc(N3CCCC3)cn2)cccc1-c1ccccn1. The van der Waals surface area contributed by atoms with E-state index in [4.69, 9.17) is 19.4 Å². The molecule has 5 heterocycles. The second kappa shape index (κ2) is 15.6. The van der Waals surface area contributed by atoms with E-state index in [1.807, 2.05) is 114 Å². The van der Waals surface area contributed by atoms with Crippen molar-refractivity contribution in [2.24, 2.45) is 0 Å². The van der Waals surface area contributed by atoms with Crippen molar-refractivity contribution < 1.29 is 51.0 Å². The fourth-order valence-electron chi connectivity index (χ4n) is 6.31. The van der Waals surface area contributed by atoms with Crippen LogP contribution in [0.25, 0.3) is 50.3 Å². The van der Waals surface area contributed by atoms with Crippen LogP contribution >= 0.6 is 0 Å². The van der Waals surface area contributed by atoms with E-state index in [9.17, 15) is 0 Å². The molecule has 52 heavy (non-hydrogen) atoms. The summed E-state index contributed by atoms with van der Waals surface area (Å²) in [6.45, 7) is 2.02. The van der Waals surface area contributed by atoms with Gasteiger partial charge < -0.3 is 28.9 Å². The predicted octanol–water partition coefficient (Wildman–Crippen LogP) is 9.08. The van der Waals surface area contributed by atoms with Crippen molar-refractivity contribution in [3.8, 4) is 51.5 Å². The summed E-state index contributed by atoms with van der Waals surface area (Å²) in [6.07, 6.45) is 9.66. The first-order valence-electron chi connectivity index (χ1n) is 16.5. The molecule has 0 atom stereocenters. The minimum absolute atomic E-state index is 0. The van der Waals surface area contributed by atoms with Crippen LogP contribution < -0.4 is 14.4 Å². The summed E-state index contributed by atoms with van der Waals surface area (Å²) >= 11 is 0. The standard InChI is InChI=1S/C42H28N6O2.Pd.Pt/c1-3-19-43-38(13-1)29-9-7-11-32(23-29)49-34-15-17-36-37-18-16-35(50-33-12-8-10-30(24-33)39-14-2-4-20-44-39)26-41(37)48(40(36)25-34)42-45-27-31(28-46-42)47-21-5-6-22-47;;/h1-4,7-20,27-28H,5-6,21-22H2;;/q-4;2*+2. The van der Waals surface area contributed by atoms with Crippen LogP contribution in [0, 0.1) is 24.3 Å². The van der Waals surface area contributed by atoms with E-state index in [0.29, 0.717) is 28.9 Å². The molecule has 4 aromatic heterocycles. The Bertz CT molecular complexity index is 2310. The predicted molar refractivity (Wildman–Crippen MR) is 193 cm³/mol. The molecule has 8 nitrogen and oxygen atoms in total. The minimum Gasteiger partial charge on any atom is -0.503 e. The van der Waals surface area contributed by atoms with E-state index < -0.39 is 0 Å². The van der Waals surface area contributed by atoms with Gasteiger partial charge in [0.15, 0.2) is 0 Å². The van der Waals surface area contributed by atoms with Crippen LogP contribution in [0.2, 0.25) is 0 Å². The summed E-state index contributed by atoms with van der Waals surface area (Å²) in [7, 11) is 0. The molecule has 0 spiro atoms. The van der Waals surface area contributed by atoms with Gasteiger partial charge in [-0.15, -0.1) is 71.8 Å². The smallest absolute Gasteiger partial charge is 0.503 e. The minimum atomic E-state index is 0. The maximum Gasteiger partial charge on any atom is 2.00 e. The molecule has 1 saturated heterocycles. The Hall–Kier alpha value is -5.19. The normalized spacial score (nSPS) is 12.3. The summed E-state index contributed by atoms with van der Waals surface area (Å²) < 4.78 is 14.6. The van der Waals surface area contributed by atoms with Crippen molar-refractivity contribution in [3.63, 3.8) is 0 Å². The molecule has 1 fully saturated rings. The molecule has 0 aliphatic carbocycles. The molecular formula is C42H28N6O2PdPt. The van der Waals surface area contributed by atoms with Gasteiger partial charge in [0.1, 0.15) is 0 Å². The summed E-state index contributed by atoms with van der Waals surface area (Å²) in [5.41, 5.74) is 5.85. The number of hydrogen-bond acceptors (Lipinski definition) is 7. The van der Waals surface area contributed by atoms with Crippen molar-refractivity contribution in [1.82, 2.24) is 24.5 Å². The van der Waals surface area contributed by atoms with Gasteiger partial charge in [-0.25, -0.2) is 9.97 Å². The quantitative estimate of drug-likeness (QED) is 0.111. The molecule has 258 valence electrons. The molecule has 10 heteroatoms. The average molecular weight is 950 g/mol. The topological polar surface area (TPSA) is 78.2 Å². The van der Waals surface area contributed by atoms with Gasteiger partial charge in [-0.2, -0.15) is 22.9 Å². The van der Waals surface area contributed by atoms with Crippen LogP contribution in [0.4, 0.5) is 5.69 Å². The van der Waals surface area contributed by atoms with E-state index in [1.54, 1.807) is 12.4 Å². The molecule has 4 aromatic carbocycles. The summed E-state index contributed by atoms with van der Waals surface area (Å²) in [6, 6.07) is 44.7. The molecule has 1 aliphatic rings. The first-order valence-corrected chi connectivity index (χ1v) is 16.5. The third-order valence-corrected chi connectivity index (χ3v) is 8.69. The first-order chi connectivity index (χ1) is 24.7. The van der Waals surface area contributed by atoms with Crippen molar-refractivity contribution >= 4 is 27.5 Å². The van der Waals surface area contributed by atoms with Gasteiger partial charge in [-0.3, -0.25) is 0 Å². The van der Waals surface area contributed by atoms with E-state index in [2.05, 4.69) is 39.1 Å². The van der Waals surface area contributed by atoms with Crippen LogP contribution in [0.3, 0.4) is 0 Å². The zero-order valence-electron chi connectivity index (χ0n) is 27.5. The van der Waals surface area contributed by atoms with Crippen LogP contribution in [0.15, 0.2) is 122 Å². The van der Waals surface area contributed by atoms with Gasteiger partial charge in [0.2, 0.25) is 5.95 Å². The zero-order chi connectivity index (χ0) is 33.3. The zero-order valence-corrected chi connectivity index (χ0v) is 31.3. The summed E-state index contributed by atoms with van der Waals surface area (Å²) in [5.74, 6) is 2.68. The van der Waals surface area contributed by atoms with Gasteiger partial charge in [0, 0.05) is 48.5 Å². The number of nitrogens with zero attached hydrogens (tertiary/aromatic N) is 6. The van der Waals surface area contributed by atoms with Gasteiger partial charge >= 0.3 is 41.5 Å². The largest absolute Gasteiger partial charge is 2.00 e. The molecule has 0 amide bonds. The van der Waals surface area contributed by atoms with Crippen LogP contribution in [-0.2, 0) is 41.5 Å². The molecule has 0 radical (unpaired) electrons. The van der Waals surface area contributed by atoms with Crippen molar-refractivity contribution in [3.05, 3.63) is 146 Å². The summed E-state index contributed by atoms with van der Waals surface area (Å²) in [5, 5.41) is 1.91. The Morgan fingerprint density at radius 1 is 0.519 bits per heavy atom. The van der Waals surface area contributed by atoms with Gasteiger partial charge in [0.05, 0.1) is 18.1 Å². The Balaban J connectivity index is 0.00000210. The van der Waals surface area contributed by atoms with Crippen molar-refractivity contribution in [2.45, 2.75) is 12.8 Å². The first kappa shape index (κ1) is 35.2. The third kappa shape index (κ3) is 7.13. The molecule has 1 aliphatic heterocycles. The maximum atomic E-state index is 6.33. The fourth-order valence-corrected chi connectivity index (χ4v) is 6.31. The number of anilines is 1. The number of pyridine rings is 2. The van der Waals surface area contributed by atoms with Crippen molar-refractivity contribution in [1.29, 1.82) is 0 Å². The number of ether oxygens (including phenoxy) is 2. The molecule has 0 bridgehead atoms. The molecule has 0 N–H and O–H groups in total. The van der Waals surface area contributed by atoms with E-state index in [0.717, 1.165) is 63.1 Å².